The Bertz CT molecular complexity index is 575. The van der Waals surface area contributed by atoms with Gasteiger partial charge >= 0.3 is 11.9 Å². The van der Waals surface area contributed by atoms with Gasteiger partial charge < -0.3 is 15.5 Å². The number of benzene rings is 1. The van der Waals surface area contributed by atoms with Gasteiger partial charge in [-0.1, -0.05) is 19.3 Å². The van der Waals surface area contributed by atoms with Gasteiger partial charge in [0.05, 0.1) is 16.8 Å². The van der Waals surface area contributed by atoms with Gasteiger partial charge in [0.25, 0.3) is 0 Å². The van der Waals surface area contributed by atoms with Gasteiger partial charge in [0.1, 0.15) is 0 Å². The molecule has 21 heavy (non-hydrogen) atoms. The summed E-state index contributed by atoms with van der Waals surface area (Å²) in [6.07, 6.45) is 4.65. The van der Waals surface area contributed by atoms with Crippen LogP contribution in [0.1, 0.15) is 52.8 Å². The Hall–Kier alpha value is -2.37. The van der Waals surface area contributed by atoms with Crippen LogP contribution in [0.2, 0.25) is 0 Å². The van der Waals surface area contributed by atoms with Crippen LogP contribution >= 0.6 is 0 Å². The number of hydrogen-bond acceptors (Lipinski definition) is 3. The molecular formula is C15H17NO5. The van der Waals surface area contributed by atoms with E-state index < -0.39 is 11.9 Å². The summed E-state index contributed by atoms with van der Waals surface area (Å²) in [6.45, 7) is 0. The first-order valence-electron chi connectivity index (χ1n) is 6.90. The summed E-state index contributed by atoms with van der Waals surface area (Å²) in [5.74, 6) is -2.74. The number of rotatable bonds is 4. The number of carbonyl (C=O) groups is 3. The third-order valence-corrected chi connectivity index (χ3v) is 3.73. The SMILES string of the molecule is O=C(O)c1ccc(C(=O)O)c(NC(=O)C2CCCCC2)c1. The van der Waals surface area contributed by atoms with Crippen LogP contribution in [0.4, 0.5) is 5.69 Å². The zero-order chi connectivity index (χ0) is 15.4. The minimum atomic E-state index is -1.20. The highest BCUT2D eigenvalue weighted by Gasteiger charge is 2.23. The molecular weight excluding hydrogens is 274 g/mol. The molecule has 0 atom stereocenters. The van der Waals surface area contributed by atoms with Crippen molar-refractivity contribution in [3.8, 4) is 0 Å². The van der Waals surface area contributed by atoms with Crippen LogP contribution in [0.5, 0.6) is 0 Å². The van der Waals surface area contributed by atoms with Crippen molar-refractivity contribution in [2.45, 2.75) is 32.1 Å². The monoisotopic (exact) mass is 291 g/mol. The quantitative estimate of drug-likeness (QED) is 0.791. The van der Waals surface area contributed by atoms with E-state index in [9.17, 15) is 14.4 Å². The lowest BCUT2D eigenvalue weighted by Gasteiger charge is -2.21. The second-order valence-electron chi connectivity index (χ2n) is 5.19. The topological polar surface area (TPSA) is 104 Å². The van der Waals surface area contributed by atoms with E-state index in [4.69, 9.17) is 10.2 Å². The predicted octanol–water partition coefficient (Wildman–Crippen LogP) is 2.60. The van der Waals surface area contributed by atoms with Crippen LogP contribution in [-0.4, -0.2) is 28.1 Å². The van der Waals surface area contributed by atoms with Crippen LogP contribution in [0.3, 0.4) is 0 Å². The number of amides is 1. The number of carboxylic acids is 2. The molecule has 1 aromatic carbocycles. The fraction of sp³-hybridized carbons (Fsp3) is 0.400. The summed E-state index contributed by atoms with van der Waals surface area (Å²) in [4.78, 5) is 34.3. The molecule has 1 amide bonds. The van der Waals surface area contributed by atoms with Gasteiger partial charge in [-0.05, 0) is 31.0 Å². The normalized spacial score (nSPS) is 15.4. The minimum absolute atomic E-state index is 0.0398. The Balaban J connectivity index is 2.23. The Kier molecular flexibility index (Phi) is 4.57. The van der Waals surface area contributed by atoms with Gasteiger partial charge in [-0.15, -0.1) is 0 Å². The largest absolute Gasteiger partial charge is 0.478 e. The van der Waals surface area contributed by atoms with Crippen molar-refractivity contribution >= 4 is 23.5 Å². The average Bonchev–Trinajstić information content (AvgIpc) is 2.47. The standard InChI is InChI=1S/C15H17NO5/c17-13(9-4-2-1-3-5-9)16-12-8-10(14(18)19)6-7-11(12)15(20)21/h6-9H,1-5H2,(H,16,17)(H,18,19)(H,20,21). The van der Waals surface area contributed by atoms with Crippen molar-refractivity contribution in [2.24, 2.45) is 5.92 Å². The van der Waals surface area contributed by atoms with Crippen LogP contribution in [0.25, 0.3) is 0 Å². The summed E-state index contributed by atoms with van der Waals surface area (Å²) in [7, 11) is 0. The molecule has 3 N–H and O–H groups in total. The summed E-state index contributed by atoms with van der Waals surface area (Å²) in [5.41, 5.74) is -0.124. The summed E-state index contributed by atoms with van der Waals surface area (Å²) < 4.78 is 0. The van der Waals surface area contributed by atoms with E-state index in [0.29, 0.717) is 0 Å². The van der Waals surface area contributed by atoms with E-state index in [1.54, 1.807) is 0 Å². The second-order valence-corrected chi connectivity index (χ2v) is 5.19. The average molecular weight is 291 g/mol. The number of carbonyl (C=O) groups excluding carboxylic acids is 1. The molecule has 2 rings (SSSR count). The van der Waals surface area contributed by atoms with Crippen molar-refractivity contribution in [1.29, 1.82) is 0 Å². The molecule has 1 aliphatic rings. The van der Waals surface area contributed by atoms with Gasteiger partial charge in [0, 0.05) is 5.92 Å². The number of carboxylic acid groups (broad SMARTS) is 2. The molecule has 6 heteroatoms. The predicted molar refractivity (Wildman–Crippen MR) is 75.6 cm³/mol. The minimum Gasteiger partial charge on any atom is -0.478 e. The van der Waals surface area contributed by atoms with Crippen molar-refractivity contribution in [1.82, 2.24) is 0 Å². The maximum atomic E-state index is 12.2. The van der Waals surface area contributed by atoms with Gasteiger partial charge in [0.2, 0.25) is 5.91 Å². The Morgan fingerprint density at radius 1 is 1.00 bits per heavy atom. The highest BCUT2D eigenvalue weighted by atomic mass is 16.4. The molecule has 0 spiro atoms. The first kappa shape index (κ1) is 15.0. The fourth-order valence-corrected chi connectivity index (χ4v) is 2.57. The lowest BCUT2D eigenvalue weighted by Crippen LogP contribution is -2.25. The summed E-state index contributed by atoms with van der Waals surface area (Å²) in [5, 5.41) is 20.7. The highest BCUT2D eigenvalue weighted by molar-refractivity contribution is 6.03. The molecule has 0 aromatic heterocycles. The van der Waals surface area contributed by atoms with E-state index in [2.05, 4.69) is 5.32 Å². The van der Waals surface area contributed by atoms with E-state index in [1.165, 1.54) is 18.2 Å². The third-order valence-electron chi connectivity index (χ3n) is 3.73. The molecule has 1 aliphatic carbocycles. The van der Waals surface area contributed by atoms with E-state index in [0.717, 1.165) is 32.1 Å². The van der Waals surface area contributed by atoms with Crippen LogP contribution in [-0.2, 0) is 4.79 Å². The lowest BCUT2D eigenvalue weighted by molar-refractivity contribution is -0.120. The van der Waals surface area contributed by atoms with Crippen LogP contribution in [0, 0.1) is 5.92 Å². The van der Waals surface area contributed by atoms with Gasteiger partial charge in [-0.25, -0.2) is 9.59 Å². The van der Waals surface area contributed by atoms with Crippen molar-refractivity contribution in [3.63, 3.8) is 0 Å². The molecule has 0 saturated heterocycles. The van der Waals surface area contributed by atoms with Crippen molar-refractivity contribution in [3.05, 3.63) is 29.3 Å². The molecule has 0 unspecified atom stereocenters. The van der Waals surface area contributed by atoms with E-state index >= 15 is 0 Å². The molecule has 1 aromatic rings. The maximum absolute atomic E-state index is 12.2. The smallest absolute Gasteiger partial charge is 0.337 e. The lowest BCUT2D eigenvalue weighted by atomic mass is 9.88. The highest BCUT2D eigenvalue weighted by Crippen LogP contribution is 2.26. The fourth-order valence-electron chi connectivity index (χ4n) is 2.57. The molecule has 1 saturated carbocycles. The number of aromatic carboxylic acids is 2. The summed E-state index contributed by atoms with van der Waals surface area (Å²) in [6, 6.07) is 3.59. The number of anilines is 1. The first-order valence-corrected chi connectivity index (χ1v) is 6.90. The Morgan fingerprint density at radius 3 is 2.24 bits per heavy atom. The molecule has 112 valence electrons. The van der Waals surface area contributed by atoms with Crippen molar-refractivity contribution in [2.75, 3.05) is 5.32 Å². The Morgan fingerprint density at radius 2 is 1.67 bits per heavy atom. The molecule has 0 radical (unpaired) electrons. The summed E-state index contributed by atoms with van der Waals surface area (Å²) >= 11 is 0. The first-order chi connectivity index (χ1) is 9.99. The van der Waals surface area contributed by atoms with Gasteiger partial charge in [-0.2, -0.15) is 0 Å². The van der Waals surface area contributed by atoms with Crippen LogP contribution < -0.4 is 5.32 Å². The zero-order valence-corrected chi connectivity index (χ0v) is 11.5. The van der Waals surface area contributed by atoms with Crippen LogP contribution in [0.15, 0.2) is 18.2 Å². The molecule has 6 nitrogen and oxygen atoms in total. The van der Waals surface area contributed by atoms with Gasteiger partial charge in [0.15, 0.2) is 0 Å². The third kappa shape index (κ3) is 3.59. The van der Waals surface area contributed by atoms with E-state index in [-0.39, 0.29) is 28.6 Å². The molecule has 1 fully saturated rings. The van der Waals surface area contributed by atoms with Crippen molar-refractivity contribution < 1.29 is 24.6 Å². The molecule has 0 aliphatic heterocycles. The molecule has 0 bridgehead atoms. The second kappa shape index (κ2) is 6.39. The Labute approximate surface area is 121 Å². The molecule has 0 heterocycles. The van der Waals surface area contributed by atoms with Gasteiger partial charge in [-0.3, -0.25) is 4.79 Å². The van der Waals surface area contributed by atoms with E-state index in [1.807, 2.05) is 0 Å². The number of hydrogen-bond donors (Lipinski definition) is 3. The maximum Gasteiger partial charge on any atom is 0.337 e. The number of nitrogens with one attached hydrogen (secondary N) is 1. The zero-order valence-electron chi connectivity index (χ0n) is 11.5.